The monoisotopic (exact) mass is 324 g/mol. The van der Waals surface area contributed by atoms with Crippen LogP contribution < -0.4 is 5.32 Å². The number of carbonyl (C=O) groups excluding carboxylic acids is 1. The van der Waals surface area contributed by atoms with Crippen LogP contribution in [-0.4, -0.2) is 33.9 Å². The van der Waals surface area contributed by atoms with Crippen LogP contribution in [0.3, 0.4) is 0 Å². The van der Waals surface area contributed by atoms with E-state index in [2.05, 4.69) is 41.3 Å². The molecule has 0 radical (unpaired) electrons. The van der Waals surface area contributed by atoms with Gasteiger partial charge in [0.1, 0.15) is 11.5 Å². The highest BCUT2D eigenvalue weighted by molar-refractivity contribution is 5.92. The number of anilines is 2. The number of carbonyl (C=O) groups is 1. The van der Waals surface area contributed by atoms with Gasteiger partial charge in [-0.05, 0) is 49.9 Å². The van der Waals surface area contributed by atoms with Gasteiger partial charge in [-0.15, -0.1) is 0 Å². The molecule has 1 saturated heterocycles. The fourth-order valence-corrected chi connectivity index (χ4v) is 2.91. The summed E-state index contributed by atoms with van der Waals surface area (Å²) in [5.74, 6) is 0.632. The Kier molecular flexibility index (Phi) is 5.08. The van der Waals surface area contributed by atoms with Gasteiger partial charge in [-0.3, -0.25) is 4.79 Å². The third-order valence-corrected chi connectivity index (χ3v) is 4.54. The summed E-state index contributed by atoms with van der Waals surface area (Å²) in [5, 5.41) is 3.23. The molecule has 1 N–H and O–H groups in total. The number of aryl methyl sites for hydroxylation is 2. The number of amides is 1. The predicted molar refractivity (Wildman–Crippen MR) is 95.6 cm³/mol. The zero-order valence-corrected chi connectivity index (χ0v) is 14.4. The molecule has 0 bridgehead atoms. The Morgan fingerprint density at radius 2 is 1.75 bits per heavy atom. The first-order valence-electron chi connectivity index (χ1n) is 8.59. The Balaban J connectivity index is 1.68. The molecule has 1 amide bonds. The topological polar surface area (TPSA) is 58.1 Å². The minimum atomic E-state index is -0.0119. The van der Waals surface area contributed by atoms with Gasteiger partial charge in [-0.25, -0.2) is 9.97 Å². The highest BCUT2D eigenvalue weighted by Crippen LogP contribution is 2.18. The van der Waals surface area contributed by atoms with Crippen molar-refractivity contribution >= 4 is 17.4 Å². The lowest BCUT2D eigenvalue weighted by Crippen LogP contribution is -2.32. The smallest absolute Gasteiger partial charge is 0.274 e. The van der Waals surface area contributed by atoms with Crippen LogP contribution in [0.1, 0.15) is 47.3 Å². The molecule has 2 aromatic rings. The van der Waals surface area contributed by atoms with Crippen LogP contribution in [0.5, 0.6) is 0 Å². The number of hydrogen-bond acceptors (Lipinski definition) is 4. The lowest BCUT2D eigenvalue weighted by Gasteiger charge is -2.19. The van der Waals surface area contributed by atoms with Crippen molar-refractivity contribution in [2.24, 2.45) is 0 Å². The van der Waals surface area contributed by atoms with Gasteiger partial charge in [0, 0.05) is 18.8 Å². The quantitative estimate of drug-likeness (QED) is 0.931. The van der Waals surface area contributed by atoms with Crippen molar-refractivity contribution in [3.05, 3.63) is 47.4 Å². The summed E-state index contributed by atoms with van der Waals surface area (Å²) in [6, 6.07) is 6.16. The summed E-state index contributed by atoms with van der Waals surface area (Å²) in [5.41, 5.74) is 3.87. The van der Waals surface area contributed by atoms with Crippen LogP contribution in [-0.2, 0) is 0 Å². The summed E-state index contributed by atoms with van der Waals surface area (Å²) >= 11 is 0. The van der Waals surface area contributed by atoms with Gasteiger partial charge in [0.25, 0.3) is 5.91 Å². The van der Waals surface area contributed by atoms with E-state index >= 15 is 0 Å². The average molecular weight is 324 g/mol. The number of likely N-dealkylation sites (tertiary alicyclic amines) is 1. The van der Waals surface area contributed by atoms with Crippen molar-refractivity contribution in [1.29, 1.82) is 0 Å². The van der Waals surface area contributed by atoms with E-state index < -0.39 is 0 Å². The largest absolute Gasteiger partial charge is 0.339 e. The Hall–Kier alpha value is -2.43. The van der Waals surface area contributed by atoms with Crippen molar-refractivity contribution in [3.8, 4) is 0 Å². The molecule has 2 heterocycles. The van der Waals surface area contributed by atoms with E-state index in [-0.39, 0.29) is 5.91 Å². The maximum Gasteiger partial charge on any atom is 0.274 e. The fourth-order valence-electron chi connectivity index (χ4n) is 2.91. The zero-order chi connectivity index (χ0) is 16.9. The second-order valence-corrected chi connectivity index (χ2v) is 6.42. The third-order valence-electron chi connectivity index (χ3n) is 4.54. The molecular weight excluding hydrogens is 300 g/mol. The molecule has 0 saturated carbocycles. The molecule has 0 spiro atoms. The summed E-state index contributed by atoms with van der Waals surface area (Å²) in [7, 11) is 0. The van der Waals surface area contributed by atoms with E-state index in [0.717, 1.165) is 31.6 Å². The van der Waals surface area contributed by atoms with Gasteiger partial charge in [0.15, 0.2) is 0 Å². The van der Waals surface area contributed by atoms with Crippen molar-refractivity contribution in [1.82, 2.24) is 14.9 Å². The van der Waals surface area contributed by atoms with Gasteiger partial charge in [-0.1, -0.05) is 18.9 Å². The van der Waals surface area contributed by atoms with E-state index in [1.54, 1.807) is 12.4 Å². The highest BCUT2D eigenvalue weighted by atomic mass is 16.2. The third kappa shape index (κ3) is 3.91. The second kappa shape index (κ2) is 7.43. The van der Waals surface area contributed by atoms with E-state index in [1.165, 1.54) is 24.0 Å². The maximum absolute atomic E-state index is 12.5. The molecule has 1 fully saturated rings. The van der Waals surface area contributed by atoms with Gasteiger partial charge < -0.3 is 10.2 Å². The van der Waals surface area contributed by atoms with Gasteiger partial charge in [0.2, 0.25) is 0 Å². The lowest BCUT2D eigenvalue weighted by atomic mass is 10.1. The molecule has 1 aromatic heterocycles. The van der Waals surface area contributed by atoms with Crippen LogP contribution in [0.15, 0.2) is 30.6 Å². The first-order chi connectivity index (χ1) is 11.6. The van der Waals surface area contributed by atoms with Crippen LogP contribution >= 0.6 is 0 Å². The Labute approximate surface area is 143 Å². The number of rotatable bonds is 3. The SMILES string of the molecule is Cc1ccc(Nc2cnc(C(=O)N3CCCCCC3)cn2)cc1C. The Morgan fingerprint density at radius 3 is 2.38 bits per heavy atom. The van der Waals surface area contributed by atoms with E-state index in [9.17, 15) is 4.79 Å². The van der Waals surface area contributed by atoms with Crippen molar-refractivity contribution in [2.45, 2.75) is 39.5 Å². The maximum atomic E-state index is 12.5. The van der Waals surface area contributed by atoms with E-state index in [0.29, 0.717) is 11.5 Å². The molecule has 5 heteroatoms. The van der Waals surface area contributed by atoms with Crippen LogP contribution in [0.25, 0.3) is 0 Å². The molecule has 5 nitrogen and oxygen atoms in total. The molecule has 0 atom stereocenters. The summed E-state index contributed by atoms with van der Waals surface area (Å²) < 4.78 is 0. The van der Waals surface area contributed by atoms with E-state index in [1.807, 2.05) is 11.0 Å². The van der Waals surface area contributed by atoms with Gasteiger partial charge in [0.05, 0.1) is 12.4 Å². The number of hydrogen-bond donors (Lipinski definition) is 1. The molecule has 3 rings (SSSR count). The summed E-state index contributed by atoms with van der Waals surface area (Å²) in [4.78, 5) is 23.1. The molecule has 24 heavy (non-hydrogen) atoms. The lowest BCUT2D eigenvalue weighted by molar-refractivity contribution is 0.0755. The van der Waals surface area contributed by atoms with Crippen LogP contribution in [0.2, 0.25) is 0 Å². The molecule has 0 unspecified atom stereocenters. The normalized spacial score (nSPS) is 15.0. The average Bonchev–Trinajstić information content (AvgIpc) is 2.88. The molecule has 1 aliphatic heterocycles. The van der Waals surface area contributed by atoms with Crippen molar-refractivity contribution in [2.75, 3.05) is 18.4 Å². The molecule has 1 aliphatic rings. The Morgan fingerprint density at radius 1 is 1.00 bits per heavy atom. The second-order valence-electron chi connectivity index (χ2n) is 6.42. The first-order valence-corrected chi connectivity index (χ1v) is 8.59. The van der Waals surface area contributed by atoms with Gasteiger partial charge in [-0.2, -0.15) is 0 Å². The summed E-state index contributed by atoms with van der Waals surface area (Å²) in [6.45, 7) is 5.81. The van der Waals surface area contributed by atoms with Crippen LogP contribution in [0.4, 0.5) is 11.5 Å². The number of nitrogens with zero attached hydrogens (tertiary/aromatic N) is 3. The first kappa shape index (κ1) is 16.4. The number of benzene rings is 1. The predicted octanol–water partition coefficient (Wildman–Crippen LogP) is 3.85. The van der Waals surface area contributed by atoms with Crippen molar-refractivity contribution in [3.63, 3.8) is 0 Å². The number of aromatic nitrogens is 2. The fraction of sp³-hybridized carbons (Fsp3) is 0.421. The minimum Gasteiger partial charge on any atom is -0.339 e. The molecule has 126 valence electrons. The Bertz CT molecular complexity index is 704. The standard InChI is InChI=1S/C19H24N4O/c1-14-7-8-16(11-15(14)2)22-18-13-20-17(12-21-18)19(24)23-9-5-3-4-6-10-23/h7-8,11-13H,3-6,9-10H2,1-2H3,(H,21,22). The molecule has 1 aromatic carbocycles. The van der Waals surface area contributed by atoms with Crippen molar-refractivity contribution < 1.29 is 4.79 Å². The molecular formula is C19H24N4O. The van der Waals surface area contributed by atoms with Crippen LogP contribution in [0, 0.1) is 13.8 Å². The molecule has 0 aliphatic carbocycles. The highest BCUT2D eigenvalue weighted by Gasteiger charge is 2.18. The van der Waals surface area contributed by atoms with Gasteiger partial charge >= 0.3 is 0 Å². The summed E-state index contributed by atoms with van der Waals surface area (Å²) in [6.07, 6.45) is 7.75. The zero-order valence-electron chi connectivity index (χ0n) is 14.4. The minimum absolute atomic E-state index is 0.0119. The number of nitrogens with one attached hydrogen (secondary N) is 1. The van der Waals surface area contributed by atoms with E-state index in [4.69, 9.17) is 0 Å².